The van der Waals surface area contributed by atoms with Crippen LogP contribution >= 0.6 is 0 Å². The van der Waals surface area contributed by atoms with Gasteiger partial charge in [-0.3, -0.25) is 4.21 Å². The second-order valence-electron chi connectivity index (χ2n) is 7.57. The molecule has 0 aromatic heterocycles. The van der Waals surface area contributed by atoms with Crippen molar-refractivity contribution in [2.24, 2.45) is 0 Å². The van der Waals surface area contributed by atoms with Crippen molar-refractivity contribution in [2.75, 3.05) is 5.32 Å². The summed E-state index contributed by atoms with van der Waals surface area (Å²) >= 11 is 0. The minimum absolute atomic E-state index is 0.166. The summed E-state index contributed by atoms with van der Waals surface area (Å²) in [6.07, 6.45) is 3.66. The fraction of sp³-hybridized carbons (Fsp3) is 0.455. The van der Waals surface area contributed by atoms with E-state index in [2.05, 4.69) is 60.8 Å². The molecule has 1 unspecified atom stereocenters. The van der Waals surface area contributed by atoms with Crippen LogP contribution in [0, 0.1) is 0 Å². The summed E-state index contributed by atoms with van der Waals surface area (Å²) in [6.45, 7) is 9.11. The Bertz CT molecular complexity index is 669. The summed E-state index contributed by atoms with van der Waals surface area (Å²) in [5.41, 5.74) is 4.93. The number of benzene rings is 2. The van der Waals surface area contributed by atoms with E-state index in [4.69, 9.17) is 0 Å². The number of anilines is 1. The van der Waals surface area contributed by atoms with E-state index < -0.39 is 10.8 Å². The van der Waals surface area contributed by atoms with Gasteiger partial charge in [0.1, 0.15) is 0 Å². The molecule has 0 saturated carbocycles. The summed E-state index contributed by atoms with van der Waals surface area (Å²) in [5, 5.41) is 3.46. The molecule has 0 saturated heterocycles. The fourth-order valence-electron chi connectivity index (χ4n) is 2.50. The number of rotatable bonds is 8. The smallest absolute Gasteiger partial charge is 0.0491 e. The number of nitrogens with one attached hydrogen (secondary N) is 1. The van der Waals surface area contributed by atoms with Crippen LogP contribution in [-0.2, 0) is 29.5 Å². The van der Waals surface area contributed by atoms with Gasteiger partial charge in [-0.15, -0.1) is 0 Å². The van der Waals surface area contributed by atoms with Crippen LogP contribution < -0.4 is 5.32 Å². The topological polar surface area (TPSA) is 29.1 Å². The number of unbranched alkanes of at least 4 members (excludes halogenated alkanes) is 1. The summed E-state index contributed by atoms with van der Waals surface area (Å²) in [7, 11) is -0.854. The van der Waals surface area contributed by atoms with Gasteiger partial charge in [0.05, 0.1) is 0 Å². The van der Waals surface area contributed by atoms with Gasteiger partial charge in [-0.25, -0.2) is 0 Å². The van der Waals surface area contributed by atoms with Crippen molar-refractivity contribution >= 4 is 16.5 Å². The van der Waals surface area contributed by atoms with Crippen LogP contribution in [0.1, 0.15) is 57.2 Å². The summed E-state index contributed by atoms with van der Waals surface area (Å²) < 4.78 is 12.1. The second-order valence-corrected chi connectivity index (χ2v) is 9.78. The maximum atomic E-state index is 12.2. The molecular weight excluding hydrogens is 326 g/mol. The molecule has 3 heteroatoms. The van der Waals surface area contributed by atoms with E-state index in [0.717, 1.165) is 17.8 Å². The highest BCUT2D eigenvalue weighted by molar-refractivity contribution is 7.85. The predicted octanol–water partition coefficient (Wildman–Crippen LogP) is 5.69. The average Bonchev–Trinajstić information content (AvgIpc) is 2.59. The first kappa shape index (κ1) is 19.7. The molecule has 136 valence electrons. The number of hydrogen-bond acceptors (Lipinski definition) is 2. The summed E-state index contributed by atoms with van der Waals surface area (Å²) in [4.78, 5) is 0. The van der Waals surface area contributed by atoms with E-state index in [0.29, 0.717) is 5.75 Å². The first-order chi connectivity index (χ1) is 11.9. The Balaban J connectivity index is 1.86. The monoisotopic (exact) mass is 357 g/mol. The van der Waals surface area contributed by atoms with Crippen molar-refractivity contribution in [2.45, 2.75) is 64.0 Å². The highest BCUT2D eigenvalue weighted by atomic mass is 32.2. The fourth-order valence-corrected chi connectivity index (χ4v) is 3.42. The zero-order valence-electron chi connectivity index (χ0n) is 16.0. The Morgan fingerprint density at radius 2 is 1.44 bits per heavy atom. The normalized spacial score (nSPS) is 12.8. The van der Waals surface area contributed by atoms with Crippen molar-refractivity contribution in [1.29, 1.82) is 0 Å². The summed E-state index contributed by atoms with van der Waals surface area (Å²) in [5.74, 6) is 0.614. The van der Waals surface area contributed by atoms with Crippen LogP contribution in [0.2, 0.25) is 0 Å². The highest BCUT2D eigenvalue weighted by Gasteiger charge is 2.19. The first-order valence-electron chi connectivity index (χ1n) is 9.17. The zero-order valence-corrected chi connectivity index (χ0v) is 16.8. The van der Waals surface area contributed by atoms with Crippen molar-refractivity contribution in [3.05, 3.63) is 65.2 Å². The lowest BCUT2D eigenvalue weighted by molar-refractivity contribution is 0.648. The third-order valence-electron chi connectivity index (χ3n) is 4.27. The van der Waals surface area contributed by atoms with E-state index in [9.17, 15) is 4.21 Å². The Labute approximate surface area is 155 Å². The molecule has 2 aromatic rings. The minimum atomic E-state index is -0.854. The Morgan fingerprint density at radius 1 is 0.880 bits per heavy atom. The van der Waals surface area contributed by atoms with Gasteiger partial charge in [-0.05, 0) is 62.4 Å². The van der Waals surface area contributed by atoms with E-state index in [1.807, 2.05) is 20.8 Å². The maximum Gasteiger partial charge on any atom is 0.0491 e. The molecule has 0 aliphatic heterocycles. The van der Waals surface area contributed by atoms with Gasteiger partial charge >= 0.3 is 0 Å². The van der Waals surface area contributed by atoms with Gasteiger partial charge in [-0.1, -0.05) is 49.7 Å². The summed E-state index contributed by atoms with van der Waals surface area (Å²) in [6, 6.07) is 17.2. The van der Waals surface area contributed by atoms with Crippen molar-refractivity contribution in [3.8, 4) is 0 Å². The Hall–Kier alpha value is -1.61. The lowest BCUT2D eigenvalue weighted by atomic mass is 10.1. The standard InChI is InChI=1S/C22H31NOS/c1-5-6-7-18-8-10-19(11-9-18)16-23-21-14-12-20(13-15-21)17-25(24)22(2,3)4/h8-15,23H,5-7,16-17H2,1-4H3. The molecule has 0 bridgehead atoms. The quantitative estimate of drug-likeness (QED) is 0.657. The largest absolute Gasteiger partial charge is 0.381 e. The van der Waals surface area contributed by atoms with Crippen LogP contribution in [0.4, 0.5) is 5.69 Å². The molecule has 2 rings (SSSR count). The zero-order chi connectivity index (χ0) is 18.3. The molecule has 2 nitrogen and oxygen atoms in total. The van der Waals surface area contributed by atoms with Crippen LogP contribution in [0.3, 0.4) is 0 Å². The molecule has 0 aliphatic carbocycles. The molecular formula is C22H31NOS. The van der Waals surface area contributed by atoms with Crippen LogP contribution in [-0.4, -0.2) is 8.96 Å². The molecule has 0 radical (unpaired) electrons. The second kappa shape index (κ2) is 9.19. The molecule has 1 atom stereocenters. The molecule has 0 amide bonds. The highest BCUT2D eigenvalue weighted by Crippen LogP contribution is 2.18. The van der Waals surface area contributed by atoms with Gasteiger partial charge in [0, 0.05) is 33.5 Å². The maximum absolute atomic E-state index is 12.2. The van der Waals surface area contributed by atoms with Gasteiger partial charge in [0.15, 0.2) is 0 Å². The van der Waals surface area contributed by atoms with E-state index in [1.165, 1.54) is 30.4 Å². The van der Waals surface area contributed by atoms with Crippen LogP contribution in [0.25, 0.3) is 0 Å². The third-order valence-corrected chi connectivity index (χ3v) is 6.23. The van der Waals surface area contributed by atoms with Crippen LogP contribution in [0.15, 0.2) is 48.5 Å². The number of aryl methyl sites for hydroxylation is 1. The van der Waals surface area contributed by atoms with E-state index in [-0.39, 0.29) is 4.75 Å². The predicted molar refractivity (Wildman–Crippen MR) is 110 cm³/mol. The van der Waals surface area contributed by atoms with Gasteiger partial charge in [0.25, 0.3) is 0 Å². The van der Waals surface area contributed by atoms with Crippen molar-refractivity contribution in [1.82, 2.24) is 0 Å². The molecule has 1 N–H and O–H groups in total. The Kier molecular flexibility index (Phi) is 7.24. The molecule has 0 fully saturated rings. The lowest BCUT2D eigenvalue weighted by Crippen LogP contribution is -2.22. The molecule has 25 heavy (non-hydrogen) atoms. The molecule has 0 heterocycles. The van der Waals surface area contributed by atoms with Gasteiger partial charge < -0.3 is 5.32 Å². The average molecular weight is 358 g/mol. The van der Waals surface area contributed by atoms with Crippen molar-refractivity contribution in [3.63, 3.8) is 0 Å². The van der Waals surface area contributed by atoms with Crippen molar-refractivity contribution < 1.29 is 4.21 Å². The molecule has 0 aliphatic rings. The third kappa shape index (κ3) is 6.66. The van der Waals surface area contributed by atoms with E-state index in [1.54, 1.807) is 0 Å². The van der Waals surface area contributed by atoms with E-state index >= 15 is 0 Å². The van der Waals surface area contributed by atoms with Gasteiger partial charge in [0.2, 0.25) is 0 Å². The first-order valence-corrected chi connectivity index (χ1v) is 10.5. The Morgan fingerprint density at radius 3 is 2.00 bits per heavy atom. The molecule has 0 spiro atoms. The van der Waals surface area contributed by atoms with Crippen LogP contribution in [0.5, 0.6) is 0 Å². The SMILES string of the molecule is CCCCc1ccc(CNc2ccc(CS(=O)C(C)(C)C)cc2)cc1. The minimum Gasteiger partial charge on any atom is -0.381 e. The van der Waals surface area contributed by atoms with Gasteiger partial charge in [-0.2, -0.15) is 0 Å². The lowest BCUT2D eigenvalue weighted by Gasteiger charge is -2.17. The molecule has 2 aromatic carbocycles. The number of hydrogen-bond donors (Lipinski definition) is 1.